The third-order valence-electron chi connectivity index (χ3n) is 9.44. The molecule has 11 heteroatoms. The first-order valence-corrected chi connectivity index (χ1v) is 14.9. The van der Waals surface area contributed by atoms with Gasteiger partial charge >= 0.3 is 0 Å². The molecule has 6 atom stereocenters. The first kappa shape index (κ1) is 28.3. The van der Waals surface area contributed by atoms with E-state index in [1.807, 2.05) is 68.4 Å². The summed E-state index contributed by atoms with van der Waals surface area (Å²) in [7, 11) is 0. The van der Waals surface area contributed by atoms with Crippen molar-refractivity contribution in [3.63, 3.8) is 0 Å². The molecule has 42 heavy (non-hydrogen) atoms. The van der Waals surface area contributed by atoms with Crippen LogP contribution < -0.4 is 10.6 Å². The van der Waals surface area contributed by atoms with E-state index < -0.39 is 41.0 Å². The van der Waals surface area contributed by atoms with Crippen molar-refractivity contribution in [2.24, 2.45) is 11.8 Å². The number of carbonyl (C=O) groups is 3. The Bertz CT molecular complexity index is 1480. The Morgan fingerprint density at radius 3 is 2.57 bits per heavy atom. The van der Waals surface area contributed by atoms with Gasteiger partial charge < -0.3 is 25.4 Å². The number of rotatable bonds is 11. The van der Waals surface area contributed by atoms with Gasteiger partial charge in [0, 0.05) is 6.54 Å². The van der Waals surface area contributed by atoms with Crippen LogP contribution in [-0.4, -0.2) is 79.2 Å². The summed E-state index contributed by atoms with van der Waals surface area (Å²) < 4.78 is 8.42. The van der Waals surface area contributed by atoms with Gasteiger partial charge in [-0.05, 0) is 49.8 Å². The van der Waals surface area contributed by atoms with Gasteiger partial charge in [-0.15, -0.1) is 5.10 Å². The Hall–Kier alpha value is -3.83. The Labute approximate surface area is 244 Å². The normalized spacial score (nSPS) is 28.7. The lowest BCUT2D eigenvalue weighted by Gasteiger charge is -2.37. The Morgan fingerprint density at radius 1 is 1.07 bits per heavy atom. The number of hydrogen-bond acceptors (Lipinski definition) is 7. The van der Waals surface area contributed by atoms with E-state index >= 15 is 0 Å². The van der Waals surface area contributed by atoms with Crippen molar-refractivity contribution in [1.29, 1.82) is 0 Å². The van der Waals surface area contributed by atoms with Gasteiger partial charge in [0.05, 0.1) is 35.6 Å². The van der Waals surface area contributed by atoms with E-state index in [-0.39, 0.29) is 25.1 Å². The third kappa shape index (κ3) is 4.37. The molecular weight excluding hydrogens is 536 g/mol. The molecule has 3 aromatic rings. The van der Waals surface area contributed by atoms with Crippen LogP contribution in [0, 0.1) is 11.8 Å². The molecule has 0 saturated carbocycles. The molecule has 3 aliphatic heterocycles. The fourth-order valence-corrected chi connectivity index (χ4v) is 7.53. The number of carbonyl (C=O) groups excluding carboxylic acids is 3. The number of hydrogen-bond donors (Lipinski definition) is 3. The summed E-state index contributed by atoms with van der Waals surface area (Å²) in [6, 6.07) is 15.3. The second-order valence-corrected chi connectivity index (χ2v) is 11.7. The Kier molecular flexibility index (Phi) is 7.48. The molecule has 0 radical (unpaired) electrons. The van der Waals surface area contributed by atoms with Crippen LogP contribution in [0.2, 0.25) is 0 Å². The summed E-state index contributed by atoms with van der Waals surface area (Å²) in [5.41, 5.74) is 0.398. The predicted molar refractivity (Wildman–Crippen MR) is 154 cm³/mol. The Balaban J connectivity index is 1.37. The molecule has 4 heterocycles. The van der Waals surface area contributed by atoms with Gasteiger partial charge in [0.2, 0.25) is 17.7 Å². The number of nitrogens with zero attached hydrogens (tertiary/aromatic N) is 4. The number of aromatic nitrogens is 3. The quantitative estimate of drug-likeness (QED) is 0.317. The number of aliphatic hydroxyl groups is 1. The first-order chi connectivity index (χ1) is 20.4. The molecule has 3 aliphatic rings. The summed E-state index contributed by atoms with van der Waals surface area (Å²) in [4.78, 5) is 43.9. The van der Waals surface area contributed by atoms with E-state index in [4.69, 9.17) is 4.74 Å². The van der Waals surface area contributed by atoms with Crippen molar-refractivity contribution in [1.82, 2.24) is 30.5 Å². The van der Waals surface area contributed by atoms with E-state index in [1.165, 1.54) is 4.90 Å². The van der Waals surface area contributed by atoms with Gasteiger partial charge in [-0.25, -0.2) is 4.68 Å². The van der Waals surface area contributed by atoms with Crippen LogP contribution >= 0.6 is 0 Å². The number of fused-ring (bicyclic) bond motifs is 2. The number of amides is 3. The lowest BCUT2D eigenvalue weighted by atomic mass is 9.65. The number of ether oxygens (including phenoxy) is 1. The molecule has 2 bridgehead atoms. The maximum Gasteiger partial charge on any atom is 0.247 e. The molecular formula is C31H38N6O5. The number of para-hydroxylation sites is 1. The summed E-state index contributed by atoms with van der Waals surface area (Å²) >= 11 is 0. The number of aliphatic hydroxyl groups excluding tert-OH is 1. The standard InChI is InChI=1S/C31H38N6O5/c1-3-16-32-27(39)24-25-29(41)37(21(18-38)17-20-10-6-5-7-11-20)26(31(25)15-14-30(24,4-2)42-31)28(40)33-19-36-23-13-9-8-12-22(23)34-35-36/h5-13,21,24-26,38H,3-4,14-19H2,1-2H3,(H,32,39)(H,33,40)/t21-,24-,25+,26?,30+,31?/m1/s1. The lowest BCUT2D eigenvalue weighted by molar-refractivity contribution is -0.151. The second kappa shape index (κ2) is 11.1. The number of nitrogens with one attached hydrogen (secondary N) is 2. The highest BCUT2D eigenvalue weighted by Gasteiger charge is 2.79. The molecule has 3 saturated heterocycles. The molecule has 3 N–H and O–H groups in total. The van der Waals surface area contributed by atoms with E-state index in [0.29, 0.717) is 37.7 Å². The largest absolute Gasteiger partial charge is 0.394 e. The zero-order valence-corrected chi connectivity index (χ0v) is 24.0. The van der Waals surface area contributed by atoms with Crippen LogP contribution in [0.1, 0.15) is 45.1 Å². The first-order valence-electron chi connectivity index (χ1n) is 14.9. The van der Waals surface area contributed by atoms with Crippen molar-refractivity contribution in [3.05, 3.63) is 60.2 Å². The highest BCUT2D eigenvalue weighted by Crippen LogP contribution is 2.64. The number of likely N-dealkylation sites (tertiary alicyclic amines) is 1. The SMILES string of the molecule is CCCNC(=O)[C@H]1[C@H]2C(=O)N([C@@H](CO)Cc3ccccc3)C(C(=O)NCn3nnc4ccccc43)C23CC[C@]1(CC)O3. The molecule has 222 valence electrons. The summed E-state index contributed by atoms with van der Waals surface area (Å²) in [6.07, 6.45) is 2.72. The lowest BCUT2D eigenvalue weighted by Crippen LogP contribution is -2.58. The maximum absolute atomic E-state index is 14.5. The monoisotopic (exact) mass is 574 g/mol. The average molecular weight is 575 g/mol. The predicted octanol–water partition coefficient (Wildman–Crippen LogP) is 1.79. The maximum atomic E-state index is 14.5. The van der Waals surface area contributed by atoms with E-state index in [2.05, 4.69) is 20.9 Å². The zero-order valence-electron chi connectivity index (χ0n) is 24.0. The van der Waals surface area contributed by atoms with Crippen LogP contribution in [-0.2, 0) is 32.2 Å². The van der Waals surface area contributed by atoms with Gasteiger partial charge in [-0.3, -0.25) is 14.4 Å². The molecule has 6 rings (SSSR count). The fraction of sp³-hybridized carbons (Fsp3) is 0.516. The molecule has 2 aromatic carbocycles. The van der Waals surface area contributed by atoms with Crippen molar-refractivity contribution in [2.45, 2.75) is 75.9 Å². The molecule has 1 aromatic heterocycles. The molecule has 11 nitrogen and oxygen atoms in total. The van der Waals surface area contributed by atoms with Gasteiger partial charge in [-0.1, -0.05) is 61.5 Å². The summed E-state index contributed by atoms with van der Waals surface area (Å²) in [6.45, 7) is 4.15. The minimum Gasteiger partial charge on any atom is -0.394 e. The molecule has 0 aliphatic carbocycles. The van der Waals surface area contributed by atoms with Gasteiger partial charge in [0.1, 0.15) is 23.8 Å². The van der Waals surface area contributed by atoms with E-state index in [0.717, 1.165) is 17.5 Å². The molecule has 3 amide bonds. The van der Waals surface area contributed by atoms with Crippen molar-refractivity contribution in [2.75, 3.05) is 13.2 Å². The molecule has 2 unspecified atom stereocenters. The minimum atomic E-state index is -1.18. The van der Waals surface area contributed by atoms with Gasteiger partial charge in [0.15, 0.2) is 0 Å². The fourth-order valence-electron chi connectivity index (χ4n) is 7.53. The zero-order chi connectivity index (χ0) is 29.5. The summed E-state index contributed by atoms with van der Waals surface area (Å²) in [5, 5.41) is 24.9. The van der Waals surface area contributed by atoms with Gasteiger partial charge in [0.25, 0.3) is 0 Å². The highest BCUT2D eigenvalue weighted by atomic mass is 16.5. The number of benzene rings is 2. The van der Waals surface area contributed by atoms with Crippen LogP contribution in [0.4, 0.5) is 0 Å². The van der Waals surface area contributed by atoms with Crippen molar-refractivity contribution >= 4 is 28.8 Å². The molecule has 3 fully saturated rings. The molecule has 1 spiro atoms. The second-order valence-electron chi connectivity index (χ2n) is 11.7. The van der Waals surface area contributed by atoms with Crippen molar-refractivity contribution < 1.29 is 24.2 Å². The van der Waals surface area contributed by atoms with Gasteiger partial charge in [-0.2, -0.15) is 0 Å². The van der Waals surface area contributed by atoms with Crippen LogP contribution in [0.15, 0.2) is 54.6 Å². The van der Waals surface area contributed by atoms with Crippen LogP contribution in [0.25, 0.3) is 11.0 Å². The highest BCUT2D eigenvalue weighted by molar-refractivity contribution is 5.99. The smallest absolute Gasteiger partial charge is 0.247 e. The minimum absolute atomic E-state index is 0.0421. The van der Waals surface area contributed by atoms with E-state index in [9.17, 15) is 19.5 Å². The van der Waals surface area contributed by atoms with Crippen LogP contribution in [0.5, 0.6) is 0 Å². The Morgan fingerprint density at radius 2 is 1.83 bits per heavy atom. The third-order valence-corrected chi connectivity index (χ3v) is 9.44. The van der Waals surface area contributed by atoms with E-state index in [1.54, 1.807) is 4.68 Å². The van der Waals surface area contributed by atoms with Crippen molar-refractivity contribution in [3.8, 4) is 0 Å². The van der Waals surface area contributed by atoms with Crippen LogP contribution in [0.3, 0.4) is 0 Å². The topological polar surface area (TPSA) is 139 Å². The average Bonchev–Trinajstić information content (AvgIpc) is 3.75. The summed E-state index contributed by atoms with van der Waals surface area (Å²) in [5.74, 6) is -2.47.